The van der Waals surface area contributed by atoms with Crippen LogP contribution in [0.2, 0.25) is 0 Å². The third-order valence-corrected chi connectivity index (χ3v) is 1.49. The number of likely N-dealkylation sites (N-methyl/N-ethyl adjacent to an activating group) is 1. The van der Waals surface area contributed by atoms with Crippen molar-refractivity contribution >= 4 is 6.72 Å². The standard InChI is InChI=1S/C9H19N3/c1-4-5-11-7-9-12(3)8-6-10-2/h6,8,11H,2,4-5,7,9H2,1,3H3/b8-6-. The second-order valence-corrected chi connectivity index (χ2v) is 2.71. The van der Waals surface area contributed by atoms with E-state index in [0.29, 0.717) is 0 Å². The van der Waals surface area contributed by atoms with E-state index in [2.05, 4.69) is 28.9 Å². The molecule has 12 heavy (non-hydrogen) atoms. The molecule has 3 heteroatoms. The van der Waals surface area contributed by atoms with E-state index in [1.54, 1.807) is 6.20 Å². The van der Waals surface area contributed by atoms with Gasteiger partial charge in [0.1, 0.15) is 0 Å². The monoisotopic (exact) mass is 169 g/mol. The van der Waals surface area contributed by atoms with Crippen LogP contribution in [-0.2, 0) is 0 Å². The van der Waals surface area contributed by atoms with E-state index in [0.717, 1.165) is 19.6 Å². The van der Waals surface area contributed by atoms with E-state index in [-0.39, 0.29) is 0 Å². The highest BCUT2D eigenvalue weighted by Gasteiger charge is 1.88. The molecular weight excluding hydrogens is 150 g/mol. The molecule has 0 aromatic rings. The van der Waals surface area contributed by atoms with Gasteiger partial charge in [-0.2, -0.15) is 0 Å². The minimum atomic E-state index is 1.01. The summed E-state index contributed by atoms with van der Waals surface area (Å²) in [5.41, 5.74) is 0. The maximum absolute atomic E-state index is 3.63. The number of aliphatic imine (C=N–C) groups is 1. The summed E-state index contributed by atoms with van der Waals surface area (Å²) >= 11 is 0. The Kier molecular flexibility index (Phi) is 7.70. The molecular formula is C9H19N3. The van der Waals surface area contributed by atoms with Crippen molar-refractivity contribution in [3.05, 3.63) is 12.4 Å². The SMILES string of the molecule is C=N/C=C\N(C)CCNCCC. The van der Waals surface area contributed by atoms with Gasteiger partial charge in [-0.1, -0.05) is 6.92 Å². The molecule has 0 spiro atoms. The van der Waals surface area contributed by atoms with E-state index < -0.39 is 0 Å². The van der Waals surface area contributed by atoms with Crippen LogP contribution in [-0.4, -0.2) is 38.3 Å². The molecule has 0 rings (SSSR count). The number of nitrogens with zero attached hydrogens (tertiary/aromatic N) is 2. The van der Waals surface area contributed by atoms with Crippen molar-refractivity contribution in [2.75, 3.05) is 26.7 Å². The molecule has 0 saturated carbocycles. The Hall–Kier alpha value is -0.830. The lowest BCUT2D eigenvalue weighted by atomic mass is 10.4. The zero-order valence-electron chi connectivity index (χ0n) is 8.08. The van der Waals surface area contributed by atoms with Crippen molar-refractivity contribution in [1.82, 2.24) is 10.2 Å². The maximum Gasteiger partial charge on any atom is 0.0419 e. The fourth-order valence-corrected chi connectivity index (χ4v) is 0.793. The van der Waals surface area contributed by atoms with Crippen LogP contribution in [0.5, 0.6) is 0 Å². The third-order valence-electron chi connectivity index (χ3n) is 1.49. The molecule has 0 aliphatic heterocycles. The van der Waals surface area contributed by atoms with E-state index in [9.17, 15) is 0 Å². The molecule has 0 aliphatic carbocycles. The van der Waals surface area contributed by atoms with Gasteiger partial charge in [-0.25, -0.2) is 0 Å². The highest BCUT2D eigenvalue weighted by molar-refractivity contribution is 5.25. The van der Waals surface area contributed by atoms with Crippen molar-refractivity contribution in [1.29, 1.82) is 0 Å². The van der Waals surface area contributed by atoms with E-state index in [1.165, 1.54) is 6.42 Å². The molecule has 0 bridgehead atoms. The molecule has 0 heterocycles. The van der Waals surface area contributed by atoms with Gasteiger partial charge in [0.25, 0.3) is 0 Å². The maximum atomic E-state index is 3.63. The summed E-state index contributed by atoms with van der Waals surface area (Å²) < 4.78 is 0. The molecule has 0 unspecified atom stereocenters. The van der Waals surface area contributed by atoms with Crippen LogP contribution < -0.4 is 5.32 Å². The first-order valence-corrected chi connectivity index (χ1v) is 4.34. The van der Waals surface area contributed by atoms with Crippen molar-refractivity contribution in [3.8, 4) is 0 Å². The summed E-state index contributed by atoms with van der Waals surface area (Å²) in [6.45, 7) is 8.65. The first-order chi connectivity index (χ1) is 5.81. The van der Waals surface area contributed by atoms with Crippen LogP contribution in [0.3, 0.4) is 0 Å². The van der Waals surface area contributed by atoms with Crippen LogP contribution in [0.15, 0.2) is 17.4 Å². The topological polar surface area (TPSA) is 27.6 Å². The summed E-state index contributed by atoms with van der Waals surface area (Å²) in [5.74, 6) is 0. The molecule has 0 atom stereocenters. The fourth-order valence-electron chi connectivity index (χ4n) is 0.793. The summed E-state index contributed by atoms with van der Waals surface area (Å²) in [6, 6.07) is 0. The molecule has 0 saturated heterocycles. The predicted molar refractivity (Wildman–Crippen MR) is 54.5 cm³/mol. The van der Waals surface area contributed by atoms with Gasteiger partial charge in [-0.15, -0.1) is 0 Å². The number of rotatable bonds is 7. The zero-order valence-corrected chi connectivity index (χ0v) is 8.08. The van der Waals surface area contributed by atoms with Gasteiger partial charge < -0.3 is 10.2 Å². The molecule has 0 radical (unpaired) electrons. The second kappa shape index (κ2) is 8.27. The lowest BCUT2D eigenvalue weighted by Crippen LogP contribution is -2.26. The van der Waals surface area contributed by atoms with Crippen LogP contribution in [0, 0.1) is 0 Å². The molecule has 0 aliphatic rings. The van der Waals surface area contributed by atoms with Gasteiger partial charge in [-0.05, 0) is 19.7 Å². The Morgan fingerprint density at radius 3 is 2.83 bits per heavy atom. The minimum Gasteiger partial charge on any atom is -0.378 e. The summed E-state index contributed by atoms with van der Waals surface area (Å²) in [4.78, 5) is 5.71. The first-order valence-electron chi connectivity index (χ1n) is 4.34. The Morgan fingerprint density at radius 2 is 2.25 bits per heavy atom. The number of nitrogens with one attached hydrogen (secondary N) is 1. The van der Waals surface area contributed by atoms with E-state index in [4.69, 9.17) is 0 Å². The Labute approximate surface area is 75.2 Å². The van der Waals surface area contributed by atoms with Crippen molar-refractivity contribution in [3.63, 3.8) is 0 Å². The zero-order chi connectivity index (χ0) is 9.23. The van der Waals surface area contributed by atoms with Gasteiger partial charge in [0.05, 0.1) is 0 Å². The average Bonchev–Trinajstić information content (AvgIpc) is 2.09. The molecule has 1 N–H and O–H groups in total. The number of hydrogen-bond acceptors (Lipinski definition) is 3. The highest BCUT2D eigenvalue weighted by atomic mass is 15.1. The second-order valence-electron chi connectivity index (χ2n) is 2.71. The Bertz CT molecular complexity index is 132. The quantitative estimate of drug-likeness (QED) is 0.456. The molecule has 0 aromatic carbocycles. The lowest BCUT2D eigenvalue weighted by molar-refractivity contribution is 0.441. The van der Waals surface area contributed by atoms with Gasteiger partial charge in [-0.3, -0.25) is 4.99 Å². The van der Waals surface area contributed by atoms with Gasteiger partial charge in [0.2, 0.25) is 0 Å². The van der Waals surface area contributed by atoms with E-state index >= 15 is 0 Å². The average molecular weight is 169 g/mol. The summed E-state index contributed by atoms with van der Waals surface area (Å²) in [6.07, 6.45) is 4.80. The molecule has 0 fully saturated rings. The van der Waals surface area contributed by atoms with Gasteiger partial charge in [0.15, 0.2) is 0 Å². The van der Waals surface area contributed by atoms with Crippen molar-refractivity contribution < 1.29 is 0 Å². The summed E-state index contributed by atoms with van der Waals surface area (Å²) in [5, 5.41) is 3.32. The fraction of sp³-hybridized carbons (Fsp3) is 0.667. The van der Waals surface area contributed by atoms with Crippen LogP contribution in [0.1, 0.15) is 13.3 Å². The van der Waals surface area contributed by atoms with Crippen LogP contribution in [0.4, 0.5) is 0 Å². The van der Waals surface area contributed by atoms with Crippen molar-refractivity contribution in [2.24, 2.45) is 4.99 Å². The lowest BCUT2D eigenvalue weighted by Gasteiger charge is -2.13. The smallest absolute Gasteiger partial charge is 0.0419 e. The third kappa shape index (κ3) is 7.28. The van der Waals surface area contributed by atoms with E-state index in [1.807, 2.05) is 13.2 Å². The Balaban J connectivity index is 3.24. The molecule has 0 amide bonds. The largest absolute Gasteiger partial charge is 0.378 e. The molecule has 3 nitrogen and oxygen atoms in total. The summed E-state index contributed by atoms with van der Waals surface area (Å²) in [7, 11) is 2.02. The minimum absolute atomic E-state index is 1.01. The Morgan fingerprint density at radius 1 is 1.50 bits per heavy atom. The predicted octanol–water partition coefficient (Wildman–Crippen LogP) is 1.09. The normalized spacial score (nSPS) is 10.5. The number of hydrogen-bond donors (Lipinski definition) is 1. The van der Waals surface area contributed by atoms with Crippen molar-refractivity contribution in [2.45, 2.75) is 13.3 Å². The van der Waals surface area contributed by atoms with Crippen LogP contribution in [0.25, 0.3) is 0 Å². The molecule has 0 aromatic heterocycles. The van der Waals surface area contributed by atoms with Gasteiger partial charge >= 0.3 is 0 Å². The van der Waals surface area contributed by atoms with Crippen LogP contribution >= 0.6 is 0 Å². The first kappa shape index (κ1) is 11.2. The molecule has 70 valence electrons. The van der Waals surface area contributed by atoms with Gasteiger partial charge in [0, 0.05) is 32.5 Å². The highest BCUT2D eigenvalue weighted by Crippen LogP contribution is 1.83.